The smallest absolute Gasteiger partial charge is 0.416 e. The molecule has 1 heterocycles. The molecule has 2 aromatic carbocycles. The van der Waals surface area contributed by atoms with Crippen LogP contribution in [0.5, 0.6) is 5.75 Å². The molecule has 3 aromatic rings. The van der Waals surface area contributed by atoms with Crippen molar-refractivity contribution in [1.82, 2.24) is 4.98 Å². The van der Waals surface area contributed by atoms with Crippen molar-refractivity contribution in [1.29, 1.82) is 0 Å². The second-order valence-corrected chi connectivity index (χ2v) is 9.31. The molecule has 0 saturated heterocycles. The van der Waals surface area contributed by atoms with Crippen LogP contribution in [0.2, 0.25) is 0 Å². The van der Waals surface area contributed by atoms with E-state index in [1.54, 1.807) is 18.3 Å². The Bertz CT molecular complexity index is 1130. The lowest BCUT2D eigenvalue weighted by atomic mass is 9.77. The molecule has 0 spiro atoms. The molecule has 168 valence electrons. The summed E-state index contributed by atoms with van der Waals surface area (Å²) in [6.07, 6.45) is 0.365. The lowest BCUT2D eigenvalue weighted by molar-refractivity contribution is -0.137. The number of benzene rings is 2. The highest BCUT2D eigenvalue weighted by molar-refractivity contribution is 6.21. The highest BCUT2D eigenvalue weighted by Crippen LogP contribution is 2.41. The number of halogens is 4. The van der Waals surface area contributed by atoms with Crippen LogP contribution in [0.15, 0.2) is 48.7 Å². The summed E-state index contributed by atoms with van der Waals surface area (Å²) < 4.78 is 44.3. The fourth-order valence-electron chi connectivity index (χ4n) is 4.34. The summed E-state index contributed by atoms with van der Waals surface area (Å²) in [7, 11) is 0. The first kappa shape index (κ1) is 21.2. The van der Waals surface area contributed by atoms with E-state index in [2.05, 4.69) is 10.3 Å². The number of hydrogen-bond donors (Lipinski definition) is 2. The van der Waals surface area contributed by atoms with Crippen LogP contribution in [0.3, 0.4) is 0 Å². The Morgan fingerprint density at radius 3 is 2.44 bits per heavy atom. The van der Waals surface area contributed by atoms with E-state index in [9.17, 15) is 18.0 Å². The van der Waals surface area contributed by atoms with Crippen LogP contribution in [0, 0.1) is 5.92 Å². The third-order valence-corrected chi connectivity index (χ3v) is 6.83. The van der Waals surface area contributed by atoms with Crippen molar-refractivity contribution in [2.24, 2.45) is 5.92 Å². The summed E-state index contributed by atoms with van der Waals surface area (Å²) in [5, 5.41) is 3.93. The average molecular weight is 463 g/mol. The first-order valence-electron chi connectivity index (χ1n) is 10.7. The molecule has 2 N–H and O–H groups in total. The molecule has 2 saturated carbocycles. The van der Waals surface area contributed by atoms with Crippen LogP contribution in [-0.4, -0.2) is 22.4 Å². The SMILES string of the molecule is O=C(Nc1c[nH]c2ccc(OC3CC(c4ccc(C(F)(F)F)cc4)C3)cc12)C1CC(Cl)C1. The van der Waals surface area contributed by atoms with Gasteiger partial charge in [-0.15, -0.1) is 11.6 Å². The number of anilines is 1. The molecule has 0 bridgehead atoms. The van der Waals surface area contributed by atoms with Gasteiger partial charge in [-0.3, -0.25) is 4.79 Å². The lowest BCUT2D eigenvalue weighted by Gasteiger charge is -2.35. The second-order valence-electron chi connectivity index (χ2n) is 8.69. The van der Waals surface area contributed by atoms with Gasteiger partial charge in [0.1, 0.15) is 5.75 Å². The number of amides is 1. The minimum atomic E-state index is -4.32. The van der Waals surface area contributed by atoms with Crippen molar-refractivity contribution in [3.8, 4) is 5.75 Å². The number of fused-ring (bicyclic) bond motifs is 1. The van der Waals surface area contributed by atoms with Crippen LogP contribution >= 0.6 is 11.6 Å². The Labute approximate surface area is 188 Å². The van der Waals surface area contributed by atoms with Crippen LogP contribution in [0.25, 0.3) is 10.9 Å². The molecule has 0 unspecified atom stereocenters. The normalized spacial score (nSPS) is 25.1. The van der Waals surface area contributed by atoms with Crippen LogP contribution < -0.4 is 10.1 Å². The van der Waals surface area contributed by atoms with Gasteiger partial charge in [0.15, 0.2) is 0 Å². The number of nitrogens with one attached hydrogen (secondary N) is 2. The summed E-state index contributed by atoms with van der Waals surface area (Å²) in [6, 6.07) is 11.1. The number of alkyl halides is 4. The van der Waals surface area contributed by atoms with Crippen LogP contribution in [-0.2, 0) is 11.0 Å². The fourth-order valence-corrected chi connectivity index (χ4v) is 4.77. The number of rotatable bonds is 5. The van der Waals surface area contributed by atoms with Gasteiger partial charge in [0.05, 0.1) is 17.4 Å². The van der Waals surface area contributed by atoms with Crippen molar-refractivity contribution >= 4 is 34.1 Å². The molecule has 2 fully saturated rings. The van der Waals surface area contributed by atoms with Gasteiger partial charge in [0, 0.05) is 28.4 Å². The zero-order chi connectivity index (χ0) is 22.5. The second kappa shape index (κ2) is 8.03. The van der Waals surface area contributed by atoms with E-state index in [0.29, 0.717) is 24.3 Å². The zero-order valence-electron chi connectivity index (χ0n) is 17.1. The molecular formula is C24H22ClF3N2O2. The van der Waals surface area contributed by atoms with Crippen molar-refractivity contribution in [2.45, 2.75) is 49.3 Å². The van der Waals surface area contributed by atoms with Gasteiger partial charge >= 0.3 is 6.18 Å². The number of aromatic amines is 1. The average Bonchev–Trinajstić information content (AvgIpc) is 3.09. The maximum Gasteiger partial charge on any atom is 0.416 e. The largest absolute Gasteiger partial charge is 0.490 e. The molecule has 2 aliphatic carbocycles. The number of carbonyl (C=O) groups excluding carboxylic acids is 1. The summed E-state index contributed by atoms with van der Waals surface area (Å²) in [5.74, 6) is 0.834. The number of H-pyrrole nitrogens is 1. The summed E-state index contributed by atoms with van der Waals surface area (Å²) >= 11 is 5.98. The van der Waals surface area contributed by atoms with E-state index in [4.69, 9.17) is 16.3 Å². The molecular weight excluding hydrogens is 441 g/mol. The van der Waals surface area contributed by atoms with Crippen LogP contribution in [0.4, 0.5) is 18.9 Å². The quantitative estimate of drug-likeness (QED) is 0.427. The van der Waals surface area contributed by atoms with E-state index in [1.165, 1.54) is 0 Å². The predicted octanol–water partition coefficient (Wildman–Crippen LogP) is 6.47. The minimum absolute atomic E-state index is 0.00681. The van der Waals surface area contributed by atoms with Gasteiger partial charge in [0.2, 0.25) is 5.91 Å². The standard InChI is InChI=1S/C24H22ClF3N2O2/c25-17-7-15(8-17)23(31)30-22-12-29-21-6-5-18(11-20(21)22)32-19-9-14(10-19)13-1-3-16(4-2-13)24(26,27)28/h1-6,11-12,14-15,17,19,29H,7-10H2,(H,30,31). The lowest BCUT2D eigenvalue weighted by Crippen LogP contribution is -2.34. The molecule has 0 atom stereocenters. The number of hydrogen-bond acceptors (Lipinski definition) is 2. The summed E-state index contributed by atoms with van der Waals surface area (Å²) in [6.45, 7) is 0. The fraction of sp³-hybridized carbons (Fsp3) is 0.375. The Balaban J connectivity index is 1.20. The summed E-state index contributed by atoms with van der Waals surface area (Å²) in [5.41, 5.74) is 1.88. The third-order valence-electron chi connectivity index (χ3n) is 6.47. The number of ether oxygens (including phenoxy) is 1. The van der Waals surface area contributed by atoms with Gasteiger partial charge in [-0.05, 0) is 67.5 Å². The van der Waals surface area contributed by atoms with Gasteiger partial charge < -0.3 is 15.0 Å². The molecule has 2 aliphatic rings. The zero-order valence-corrected chi connectivity index (χ0v) is 17.8. The van der Waals surface area contributed by atoms with E-state index in [0.717, 1.165) is 41.4 Å². The van der Waals surface area contributed by atoms with E-state index in [1.807, 2.05) is 18.2 Å². The minimum Gasteiger partial charge on any atom is -0.490 e. The monoisotopic (exact) mass is 462 g/mol. The Morgan fingerprint density at radius 2 is 1.78 bits per heavy atom. The molecule has 32 heavy (non-hydrogen) atoms. The van der Waals surface area contributed by atoms with E-state index in [-0.39, 0.29) is 29.2 Å². The number of aromatic nitrogens is 1. The first-order chi connectivity index (χ1) is 15.3. The highest BCUT2D eigenvalue weighted by Gasteiger charge is 2.35. The van der Waals surface area contributed by atoms with Gasteiger partial charge in [0.25, 0.3) is 0 Å². The Kier molecular flexibility index (Phi) is 5.32. The van der Waals surface area contributed by atoms with E-state index < -0.39 is 11.7 Å². The van der Waals surface area contributed by atoms with Crippen molar-refractivity contribution < 1.29 is 22.7 Å². The topological polar surface area (TPSA) is 54.1 Å². The third kappa shape index (κ3) is 4.18. The molecule has 0 radical (unpaired) electrons. The maximum absolute atomic E-state index is 12.7. The molecule has 4 nitrogen and oxygen atoms in total. The summed E-state index contributed by atoms with van der Waals surface area (Å²) in [4.78, 5) is 15.5. The van der Waals surface area contributed by atoms with E-state index >= 15 is 0 Å². The Hall–Kier alpha value is -2.67. The van der Waals surface area contributed by atoms with Crippen LogP contribution in [0.1, 0.15) is 42.7 Å². The van der Waals surface area contributed by atoms with Crippen molar-refractivity contribution in [2.75, 3.05) is 5.32 Å². The predicted molar refractivity (Wildman–Crippen MR) is 117 cm³/mol. The molecule has 1 aromatic heterocycles. The highest BCUT2D eigenvalue weighted by atomic mass is 35.5. The van der Waals surface area contributed by atoms with Gasteiger partial charge in [-0.2, -0.15) is 13.2 Å². The van der Waals surface area contributed by atoms with Crippen molar-refractivity contribution in [3.05, 3.63) is 59.8 Å². The van der Waals surface area contributed by atoms with Gasteiger partial charge in [-0.25, -0.2) is 0 Å². The molecule has 0 aliphatic heterocycles. The Morgan fingerprint density at radius 1 is 1.06 bits per heavy atom. The molecule has 1 amide bonds. The van der Waals surface area contributed by atoms with Gasteiger partial charge in [-0.1, -0.05) is 12.1 Å². The first-order valence-corrected chi connectivity index (χ1v) is 11.1. The number of carbonyl (C=O) groups is 1. The maximum atomic E-state index is 12.7. The molecule has 8 heteroatoms. The molecule has 5 rings (SSSR count). The van der Waals surface area contributed by atoms with Crippen molar-refractivity contribution in [3.63, 3.8) is 0 Å².